The maximum Gasteiger partial charge on any atom is 0.340 e. The number of pyridine rings is 1. The van der Waals surface area contributed by atoms with Crippen molar-refractivity contribution in [1.29, 1.82) is 0 Å². The average Bonchev–Trinajstić information content (AvgIpc) is 3.26. The number of benzene rings is 1. The molecule has 1 aliphatic rings. The fourth-order valence-corrected chi connectivity index (χ4v) is 3.23. The van der Waals surface area contributed by atoms with Crippen LogP contribution in [0.1, 0.15) is 22.3 Å². The van der Waals surface area contributed by atoms with Crippen molar-refractivity contribution in [2.24, 2.45) is 0 Å². The molecule has 0 bridgehead atoms. The predicted octanol–water partition coefficient (Wildman–Crippen LogP) is 3.01. The van der Waals surface area contributed by atoms with Gasteiger partial charge >= 0.3 is 5.97 Å². The maximum atomic E-state index is 12.5. The van der Waals surface area contributed by atoms with Crippen LogP contribution in [0.4, 0.5) is 5.69 Å². The minimum atomic E-state index is -0.555. The molecule has 0 atom stereocenters. The second-order valence-corrected chi connectivity index (χ2v) is 6.35. The van der Waals surface area contributed by atoms with Crippen LogP contribution >= 0.6 is 0 Å². The van der Waals surface area contributed by atoms with Crippen molar-refractivity contribution in [2.75, 3.05) is 18.1 Å². The lowest BCUT2D eigenvalue weighted by atomic mass is 10.0. The third kappa shape index (κ3) is 3.60. The lowest BCUT2D eigenvalue weighted by Crippen LogP contribution is -2.38. The largest absolute Gasteiger partial charge is 0.452 e. The standard InChI is InChI=1S/C21H19N3O3/c25-20(24-13-5-7-16-6-1-2-8-18(16)24)15-27-21(26)17-9-10-19(22-14-17)23-11-3-4-12-23/h1-4,6,8-12,14H,5,7,13,15H2. The van der Waals surface area contributed by atoms with Gasteiger partial charge in [0.25, 0.3) is 5.91 Å². The molecule has 0 saturated carbocycles. The molecule has 6 nitrogen and oxygen atoms in total. The number of aromatic nitrogens is 2. The summed E-state index contributed by atoms with van der Waals surface area (Å²) in [6.45, 7) is 0.354. The van der Waals surface area contributed by atoms with Crippen molar-refractivity contribution in [2.45, 2.75) is 12.8 Å². The summed E-state index contributed by atoms with van der Waals surface area (Å²) in [5.41, 5.74) is 2.37. The highest BCUT2D eigenvalue weighted by molar-refractivity contribution is 5.97. The molecule has 0 spiro atoms. The summed E-state index contributed by atoms with van der Waals surface area (Å²) in [7, 11) is 0. The van der Waals surface area contributed by atoms with Gasteiger partial charge in [0.2, 0.25) is 0 Å². The Bertz CT molecular complexity index is 949. The first-order valence-electron chi connectivity index (χ1n) is 8.87. The van der Waals surface area contributed by atoms with E-state index < -0.39 is 5.97 Å². The van der Waals surface area contributed by atoms with Crippen molar-refractivity contribution in [3.05, 3.63) is 78.2 Å². The molecule has 1 aromatic carbocycles. The van der Waals surface area contributed by atoms with E-state index in [9.17, 15) is 9.59 Å². The molecule has 3 heterocycles. The molecule has 0 fully saturated rings. The zero-order chi connectivity index (χ0) is 18.6. The summed E-state index contributed by atoms with van der Waals surface area (Å²) in [4.78, 5) is 30.7. The van der Waals surface area contributed by atoms with Crippen molar-refractivity contribution >= 4 is 17.6 Å². The van der Waals surface area contributed by atoms with E-state index in [1.54, 1.807) is 17.0 Å². The van der Waals surface area contributed by atoms with Gasteiger partial charge in [0.15, 0.2) is 6.61 Å². The minimum absolute atomic E-state index is 0.215. The molecule has 6 heteroatoms. The first-order valence-corrected chi connectivity index (χ1v) is 8.87. The Morgan fingerprint density at radius 2 is 1.85 bits per heavy atom. The molecule has 0 unspecified atom stereocenters. The van der Waals surface area contributed by atoms with Crippen LogP contribution in [0.15, 0.2) is 67.1 Å². The Morgan fingerprint density at radius 3 is 2.63 bits per heavy atom. The second-order valence-electron chi connectivity index (χ2n) is 6.35. The van der Waals surface area contributed by atoms with E-state index >= 15 is 0 Å². The quantitative estimate of drug-likeness (QED) is 0.670. The maximum absolute atomic E-state index is 12.5. The van der Waals surface area contributed by atoms with E-state index in [1.165, 1.54) is 6.20 Å². The molecule has 3 aromatic rings. The monoisotopic (exact) mass is 361 g/mol. The molecular weight excluding hydrogens is 342 g/mol. The van der Waals surface area contributed by atoms with Crippen LogP contribution in [0.3, 0.4) is 0 Å². The summed E-state index contributed by atoms with van der Waals surface area (Å²) in [6.07, 6.45) is 7.06. The van der Waals surface area contributed by atoms with Gasteiger partial charge < -0.3 is 14.2 Å². The van der Waals surface area contributed by atoms with Crippen LogP contribution in [0.5, 0.6) is 0 Å². The normalized spacial score (nSPS) is 13.1. The van der Waals surface area contributed by atoms with Crippen LogP contribution in [0.25, 0.3) is 5.82 Å². The Labute approximate surface area is 157 Å². The topological polar surface area (TPSA) is 64.4 Å². The van der Waals surface area contributed by atoms with Gasteiger partial charge in [-0.1, -0.05) is 18.2 Å². The second kappa shape index (κ2) is 7.45. The van der Waals surface area contributed by atoms with Gasteiger partial charge in [-0.3, -0.25) is 4.79 Å². The number of nitrogens with zero attached hydrogens (tertiary/aromatic N) is 3. The Hall–Kier alpha value is -3.41. The summed E-state index contributed by atoms with van der Waals surface area (Å²) in [5, 5.41) is 0. The SMILES string of the molecule is O=C(OCC(=O)N1CCCc2ccccc21)c1ccc(-n2cccc2)nc1. The lowest BCUT2D eigenvalue weighted by Gasteiger charge is -2.29. The number of fused-ring (bicyclic) bond motifs is 1. The molecule has 0 saturated heterocycles. The van der Waals surface area contributed by atoms with Gasteiger partial charge in [-0.15, -0.1) is 0 Å². The van der Waals surface area contributed by atoms with E-state index in [4.69, 9.17) is 4.74 Å². The van der Waals surface area contributed by atoms with E-state index in [2.05, 4.69) is 4.98 Å². The highest BCUT2D eigenvalue weighted by atomic mass is 16.5. The van der Waals surface area contributed by atoms with Gasteiger partial charge in [0.05, 0.1) is 5.56 Å². The summed E-state index contributed by atoms with van der Waals surface area (Å²) < 4.78 is 7.05. The van der Waals surface area contributed by atoms with E-state index in [-0.39, 0.29) is 12.5 Å². The van der Waals surface area contributed by atoms with Crippen molar-refractivity contribution in [3.8, 4) is 5.82 Å². The van der Waals surface area contributed by atoms with Gasteiger partial charge in [-0.25, -0.2) is 9.78 Å². The van der Waals surface area contributed by atoms with Crippen LogP contribution in [-0.2, 0) is 16.0 Å². The smallest absolute Gasteiger partial charge is 0.340 e. The minimum Gasteiger partial charge on any atom is -0.452 e. The van der Waals surface area contributed by atoms with E-state index in [0.29, 0.717) is 17.9 Å². The number of hydrogen-bond donors (Lipinski definition) is 0. The van der Waals surface area contributed by atoms with Crippen molar-refractivity contribution < 1.29 is 14.3 Å². The third-order valence-electron chi connectivity index (χ3n) is 4.59. The van der Waals surface area contributed by atoms with Crippen molar-refractivity contribution in [1.82, 2.24) is 9.55 Å². The number of carbonyl (C=O) groups is 2. The number of aryl methyl sites for hydroxylation is 1. The van der Waals surface area contributed by atoms with Crippen LogP contribution < -0.4 is 4.90 Å². The molecule has 0 radical (unpaired) electrons. The molecule has 27 heavy (non-hydrogen) atoms. The van der Waals surface area contributed by atoms with Crippen LogP contribution in [-0.4, -0.2) is 34.6 Å². The van der Waals surface area contributed by atoms with Crippen LogP contribution in [0, 0.1) is 0 Å². The molecule has 0 N–H and O–H groups in total. The number of amides is 1. The number of rotatable bonds is 4. The number of carbonyl (C=O) groups excluding carboxylic acids is 2. The highest BCUT2D eigenvalue weighted by Gasteiger charge is 2.23. The van der Waals surface area contributed by atoms with E-state index in [1.807, 2.05) is 53.4 Å². The van der Waals surface area contributed by atoms with Crippen LogP contribution in [0.2, 0.25) is 0 Å². The zero-order valence-electron chi connectivity index (χ0n) is 14.7. The number of anilines is 1. The summed E-state index contributed by atoms with van der Waals surface area (Å²) in [5.74, 6) is -0.0647. The first kappa shape index (κ1) is 17.0. The Kier molecular flexibility index (Phi) is 4.70. The molecule has 0 aliphatic carbocycles. The molecule has 136 valence electrons. The lowest BCUT2D eigenvalue weighted by molar-refractivity contribution is -0.121. The van der Waals surface area contributed by atoms with Gasteiger partial charge in [-0.2, -0.15) is 0 Å². The number of para-hydroxylation sites is 1. The predicted molar refractivity (Wildman–Crippen MR) is 101 cm³/mol. The fraction of sp³-hybridized carbons (Fsp3) is 0.190. The Morgan fingerprint density at radius 1 is 1.04 bits per heavy atom. The first-order chi connectivity index (χ1) is 13.2. The molecular formula is C21H19N3O3. The third-order valence-corrected chi connectivity index (χ3v) is 4.59. The van der Waals surface area contributed by atoms with Gasteiger partial charge in [-0.05, 0) is 48.7 Å². The van der Waals surface area contributed by atoms with Crippen molar-refractivity contribution in [3.63, 3.8) is 0 Å². The number of esters is 1. The average molecular weight is 361 g/mol. The molecule has 1 aliphatic heterocycles. The Balaban J connectivity index is 1.39. The fourth-order valence-electron chi connectivity index (χ4n) is 3.23. The number of hydrogen-bond acceptors (Lipinski definition) is 4. The highest BCUT2D eigenvalue weighted by Crippen LogP contribution is 2.26. The molecule has 2 aromatic heterocycles. The molecule has 4 rings (SSSR count). The van der Waals surface area contributed by atoms with E-state index in [0.717, 1.165) is 24.1 Å². The van der Waals surface area contributed by atoms with Gasteiger partial charge in [0.1, 0.15) is 5.82 Å². The molecule has 1 amide bonds. The summed E-state index contributed by atoms with van der Waals surface area (Å²) >= 11 is 0. The summed E-state index contributed by atoms with van der Waals surface area (Å²) in [6, 6.07) is 15.0. The van der Waals surface area contributed by atoms with Gasteiger partial charge in [0, 0.05) is 30.8 Å². The zero-order valence-corrected chi connectivity index (χ0v) is 14.7. The number of ether oxygens (including phenoxy) is 1.